The Bertz CT molecular complexity index is 338. The van der Waals surface area contributed by atoms with Gasteiger partial charge in [-0.1, -0.05) is 31.9 Å². The lowest BCUT2D eigenvalue weighted by Crippen LogP contribution is -2.48. The summed E-state index contributed by atoms with van der Waals surface area (Å²) in [7, 11) is 1.69. The Morgan fingerprint density at radius 2 is 1.94 bits per heavy atom. The van der Waals surface area contributed by atoms with Crippen LogP contribution in [-0.4, -0.2) is 7.11 Å². The standard InChI is InChI=1S/C14H21NO/c1-3-4-11-9-14(15,10-11)12-5-7-13(16-2)8-6-12/h5-8,11H,3-4,9-10,15H2,1-2H3. The molecule has 0 spiro atoms. The van der Waals surface area contributed by atoms with Crippen LogP contribution in [0.3, 0.4) is 0 Å². The minimum Gasteiger partial charge on any atom is -0.497 e. The number of nitrogens with two attached hydrogens (primary N) is 1. The van der Waals surface area contributed by atoms with E-state index in [0.29, 0.717) is 0 Å². The number of hydrogen-bond donors (Lipinski definition) is 1. The van der Waals surface area contributed by atoms with E-state index in [1.807, 2.05) is 12.1 Å². The lowest BCUT2D eigenvalue weighted by Gasteiger charge is -2.45. The lowest BCUT2D eigenvalue weighted by molar-refractivity contribution is 0.138. The summed E-state index contributed by atoms with van der Waals surface area (Å²) >= 11 is 0. The van der Waals surface area contributed by atoms with Crippen LogP contribution in [0.25, 0.3) is 0 Å². The zero-order valence-corrected chi connectivity index (χ0v) is 10.2. The van der Waals surface area contributed by atoms with Crippen molar-refractivity contribution in [2.75, 3.05) is 7.11 Å². The van der Waals surface area contributed by atoms with Crippen LogP contribution in [0.1, 0.15) is 38.2 Å². The van der Waals surface area contributed by atoms with Gasteiger partial charge in [0, 0.05) is 5.54 Å². The predicted molar refractivity (Wildman–Crippen MR) is 66.5 cm³/mol. The average molecular weight is 219 g/mol. The normalized spacial score (nSPS) is 28.6. The summed E-state index contributed by atoms with van der Waals surface area (Å²) in [6.45, 7) is 2.24. The Labute approximate surface area is 97.8 Å². The fraction of sp³-hybridized carbons (Fsp3) is 0.571. The topological polar surface area (TPSA) is 35.2 Å². The Morgan fingerprint density at radius 3 is 2.44 bits per heavy atom. The first-order valence-electron chi connectivity index (χ1n) is 6.11. The highest BCUT2D eigenvalue weighted by Gasteiger charge is 2.41. The van der Waals surface area contributed by atoms with Crippen molar-refractivity contribution in [2.45, 2.75) is 38.1 Å². The fourth-order valence-corrected chi connectivity index (χ4v) is 2.74. The average Bonchev–Trinajstić information content (AvgIpc) is 2.27. The zero-order chi connectivity index (χ0) is 11.6. The van der Waals surface area contributed by atoms with Gasteiger partial charge in [-0.2, -0.15) is 0 Å². The molecule has 1 fully saturated rings. The molecule has 0 amide bonds. The van der Waals surface area contributed by atoms with Gasteiger partial charge in [-0.3, -0.25) is 0 Å². The van der Waals surface area contributed by atoms with E-state index in [1.54, 1.807) is 7.11 Å². The van der Waals surface area contributed by atoms with Crippen molar-refractivity contribution in [3.05, 3.63) is 29.8 Å². The van der Waals surface area contributed by atoms with E-state index < -0.39 is 0 Å². The first-order chi connectivity index (χ1) is 7.68. The monoisotopic (exact) mass is 219 g/mol. The Hall–Kier alpha value is -1.02. The first kappa shape index (κ1) is 11.5. The number of benzene rings is 1. The molecule has 2 rings (SSSR count). The third kappa shape index (κ3) is 2.07. The van der Waals surface area contributed by atoms with Crippen LogP contribution in [0.2, 0.25) is 0 Å². The van der Waals surface area contributed by atoms with Crippen LogP contribution in [0.4, 0.5) is 0 Å². The summed E-state index contributed by atoms with van der Waals surface area (Å²) in [5.41, 5.74) is 7.57. The largest absolute Gasteiger partial charge is 0.497 e. The van der Waals surface area contributed by atoms with Crippen LogP contribution in [-0.2, 0) is 5.54 Å². The predicted octanol–water partition coefficient (Wildman–Crippen LogP) is 3.06. The summed E-state index contributed by atoms with van der Waals surface area (Å²) in [6, 6.07) is 8.19. The van der Waals surface area contributed by atoms with Gasteiger partial charge in [-0.05, 0) is 36.5 Å². The van der Waals surface area contributed by atoms with Gasteiger partial charge in [0.1, 0.15) is 5.75 Å². The summed E-state index contributed by atoms with van der Waals surface area (Å²) < 4.78 is 5.15. The number of methoxy groups -OCH3 is 1. The lowest BCUT2D eigenvalue weighted by atomic mass is 9.64. The van der Waals surface area contributed by atoms with Crippen LogP contribution in [0.5, 0.6) is 5.75 Å². The maximum Gasteiger partial charge on any atom is 0.118 e. The molecule has 1 aromatic carbocycles. The zero-order valence-electron chi connectivity index (χ0n) is 10.2. The van der Waals surface area contributed by atoms with Crippen LogP contribution in [0.15, 0.2) is 24.3 Å². The molecule has 0 bridgehead atoms. The van der Waals surface area contributed by atoms with Gasteiger partial charge in [0.15, 0.2) is 0 Å². The molecule has 1 aromatic rings. The summed E-state index contributed by atoms with van der Waals surface area (Å²) in [5.74, 6) is 1.73. The molecule has 0 aliphatic heterocycles. The molecule has 0 aromatic heterocycles. The smallest absolute Gasteiger partial charge is 0.118 e. The molecular formula is C14H21NO. The maximum absolute atomic E-state index is 6.40. The number of ether oxygens (including phenoxy) is 1. The van der Waals surface area contributed by atoms with Crippen LogP contribution in [0, 0.1) is 5.92 Å². The molecule has 0 radical (unpaired) electrons. The summed E-state index contributed by atoms with van der Waals surface area (Å²) in [6.07, 6.45) is 4.85. The van der Waals surface area contributed by atoms with Crippen molar-refractivity contribution >= 4 is 0 Å². The second-order valence-corrected chi connectivity index (χ2v) is 4.95. The highest BCUT2D eigenvalue weighted by Crippen LogP contribution is 2.45. The molecule has 0 unspecified atom stereocenters. The van der Waals surface area contributed by atoms with Crippen LogP contribution >= 0.6 is 0 Å². The molecule has 2 N–H and O–H groups in total. The second-order valence-electron chi connectivity index (χ2n) is 4.95. The third-order valence-corrected chi connectivity index (χ3v) is 3.67. The van der Waals surface area contributed by atoms with Crippen LogP contribution < -0.4 is 10.5 Å². The van der Waals surface area contributed by atoms with E-state index in [1.165, 1.54) is 18.4 Å². The van der Waals surface area contributed by atoms with E-state index in [9.17, 15) is 0 Å². The molecule has 88 valence electrons. The Balaban J connectivity index is 2.02. The Kier molecular flexibility index (Phi) is 3.20. The van der Waals surface area contributed by atoms with Gasteiger partial charge in [0.05, 0.1) is 7.11 Å². The number of rotatable bonds is 4. The molecule has 2 heteroatoms. The minimum absolute atomic E-state index is 0.0773. The molecular weight excluding hydrogens is 198 g/mol. The van der Waals surface area contributed by atoms with Gasteiger partial charge in [-0.15, -0.1) is 0 Å². The molecule has 16 heavy (non-hydrogen) atoms. The van der Waals surface area contributed by atoms with Crippen molar-refractivity contribution < 1.29 is 4.74 Å². The van der Waals surface area contributed by atoms with Gasteiger partial charge in [0.2, 0.25) is 0 Å². The first-order valence-corrected chi connectivity index (χ1v) is 6.11. The molecule has 0 heterocycles. The molecule has 2 nitrogen and oxygen atoms in total. The van der Waals surface area contributed by atoms with E-state index in [4.69, 9.17) is 10.5 Å². The molecule has 0 atom stereocenters. The van der Waals surface area contributed by atoms with E-state index in [2.05, 4.69) is 19.1 Å². The van der Waals surface area contributed by atoms with E-state index >= 15 is 0 Å². The molecule has 1 aliphatic rings. The van der Waals surface area contributed by atoms with E-state index in [-0.39, 0.29) is 5.54 Å². The van der Waals surface area contributed by atoms with Gasteiger partial charge >= 0.3 is 0 Å². The van der Waals surface area contributed by atoms with Crippen molar-refractivity contribution in [1.29, 1.82) is 0 Å². The Morgan fingerprint density at radius 1 is 1.31 bits per heavy atom. The third-order valence-electron chi connectivity index (χ3n) is 3.67. The van der Waals surface area contributed by atoms with Crippen molar-refractivity contribution in [3.8, 4) is 5.75 Å². The highest BCUT2D eigenvalue weighted by molar-refractivity contribution is 5.33. The minimum atomic E-state index is -0.0773. The maximum atomic E-state index is 6.40. The quantitative estimate of drug-likeness (QED) is 0.844. The second kappa shape index (κ2) is 4.46. The molecule has 1 saturated carbocycles. The van der Waals surface area contributed by atoms with Gasteiger partial charge in [0.25, 0.3) is 0 Å². The summed E-state index contributed by atoms with van der Waals surface area (Å²) in [4.78, 5) is 0. The number of hydrogen-bond acceptors (Lipinski definition) is 2. The summed E-state index contributed by atoms with van der Waals surface area (Å²) in [5, 5.41) is 0. The fourth-order valence-electron chi connectivity index (χ4n) is 2.74. The highest BCUT2D eigenvalue weighted by atomic mass is 16.5. The van der Waals surface area contributed by atoms with E-state index in [0.717, 1.165) is 24.5 Å². The van der Waals surface area contributed by atoms with Crippen molar-refractivity contribution in [1.82, 2.24) is 0 Å². The SMILES string of the molecule is CCCC1CC(N)(c2ccc(OC)cc2)C1. The van der Waals surface area contributed by atoms with Crippen molar-refractivity contribution in [3.63, 3.8) is 0 Å². The van der Waals surface area contributed by atoms with Gasteiger partial charge < -0.3 is 10.5 Å². The molecule has 0 saturated heterocycles. The molecule has 1 aliphatic carbocycles. The van der Waals surface area contributed by atoms with Crippen molar-refractivity contribution in [2.24, 2.45) is 11.7 Å². The van der Waals surface area contributed by atoms with Gasteiger partial charge in [-0.25, -0.2) is 0 Å².